The van der Waals surface area contributed by atoms with Gasteiger partial charge in [0.2, 0.25) is 0 Å². The highest BCUT2D eigenvalue weighted by molar-refractivity contribution is 6.31. The molecule has 1 aromatic carbocycles. The van der Waals surface area contributed by atoms with Crippen LogP contribution in [-0.2, 0) is 6.54 Å². The number of halogens is 1. The highest BCUT2D eigenvalue weighted by atomic mass is 35.5. The smallest absolute Gasteiger partial charge is 0.252 e. The van der Waals surface area contributed by atoms with E-state index < -0.39 is 0 Å². The second-order valence-electron chi connectivity index (χ2n) is 5.02. The molecule has 0 saturated carbocycles. The van der Waals surface area contributed by atoms with E-state index in [-0.39, 0.29) is 5.91 Å². The summed E-state index contributed by atoms with van der Waals surface area (Å²) >= 11 is 6.12. The lowest BCUT2D eigenvalue weighted by Crippen LogP contribution is -2.24. The summed E-state index contributed by atoms with van der Waals surface area (Å²) in [4.78, 5) is 16.1. The van der Waals surface area contributed by atoms with Gasteiger partial charge >= 0.3 is 0 Å². The van der Waals surface area contributed by atoms with Crippen molar-refractivity contribution in [3.8, 4) is 0 Å². The summed E-state index contributed by atoms with van der Waals surface area (Å²) in [5, 5.41) is 6.84. The van der Waals surface area contributed by atoms with Crippen LogP contribution < -0.4 is 10.6 Å². The average molecular weight is 318 g/mol. The van der Waals surface area contributed by atoms with Crippen molar-refractivity contribution in [1.29, 1.82) is 0 Å². The minimum Gasteiger partial charge on any atom is -0.380 e. The molecule has 0 aliphatic heterocycles. The molecule has 0 radical (unpaired) electrons. The van der Waals surface area contributed by atoms with Crippen LogP contribution >= 0.6 is 11.6 Å². The molecule has 1 aromatic heterocycles. The maximum atomic E-state index is 12.0. The van der Waals surface area contributed by atoms with Crippen LogP contribution in [0.4, 0.5) is 5.69 Å². The molecule has 0 saturated heterocycles. The summed E-state index contributed by atoms with van der Waals surface area (Å²) in [5.41, 5.74) is 2.35. The molecule has 0 fully saturated rings. The van der Waals surface area contributed by atoms with Crippen molar-refractivity contribution in [2.75, 3.05) is 11.9 Å². The predicted molar refractivity (Wildman–Crippen MR) is 90.3 cm³/mol. The van der Waals surface area contributed by atoms with E-state index in [4.69, 9.17) is 11.6 Å². The molecule has 116 valence electrons. The van der Waals surface area contributed by atoms with Crippen molar-refractivity contribution < 1.29 is 4.79 Å². The van der Waals surface area contributed by atoms with Crippen LogP contribution in [0.5, 0.6) is 0 Å². The topological polar surface area (TPSA) is 54.0 Å². The van der Waals surface area contributed by atoms with Crippen LogP contribution in [0.3, 0.4) is 0 Å². The number of carbonyl (C=O) groups is 1. The lowest BCUT2D eigenvalue weighted by molar-refractivity contribution is 0.0953. The second-order valence-corrected chi connectivity index (χ2v) is 5.42. The van der Waals surface area contributed by atoms with Gasteiger partial charge in [0.05, 0.1) is 11.3 Å². The fourth-order valence-corrected chi connectivity index (χ4v) is 2.18. The first kappa shape index (κ1) is 16.3. The Labute approximate surface area is 135 Å². The molecule has 0 atom stereocenters. The van der Waals surface area contributed by atoms with Gasteiger partial charge in [0.1, 0.15) is 0 Å². The Morgan fingerprint density at radius 1 is 1.27 bits per heavy atom. The van der Waals surface area contributed by atoms with Crippen LogP contribution in [-0.4, -0.2) is 17.4 Å². The van der Waals surface area contributed by atoms with Gasteiger partial charge in [-0.3, -0.25) is 9.78 Å². The number of aromatic nitrogens is 1. The molecular formula is C17H20ClN3O. The van der Waals surface area contributed by atoms with Gasteiger partial charge in [-0.25, -0.2) is 0 Å². The van der Waals surface area contributed by atoms with E-state index in [9.17, 15) is 4.79 Å². The zero-order valence-corrected chi connectivity index (χ0v) is 13.4. The molecule has 1 heterocycles. The van der Waals surface area contributed by atoms with Crippen LogP contribution in [0.2, 0.25) is 5.02 Å². The fraction of sp³-hybridized carbons (Fsp3) is 0.294. The second kappa shape index (κ2) is 8.39. The van der Waals surface area contributed by atoms with Crippen molar-refractivity contribution in [1.82, 2.24) is 10.3 Å². The van der Waals surface area contributed by atoms with Crippen molar-refractivity contribution in [3.05, 3.63) is 58.9 Å². The van der Waals surface area contributed by atoms with Gasteiger partial charge in [-0.05, 0) is 24.1 Å². The van der Waals surface area contributed by atoms with Crippen molar-refractivity contribution >= 4 is 23.2 Å². The summed E-state index contributed by atoms with van der Waals surface area (Å²) in [7, 11) is 0. The van der Waals surface area contributed by atoms with Gasteiger partial charge in [0.15, 0.2) is 0 Å². The van der Waals surface area contributed by atoms with E-state index in [2.05, 4.69) is 22.5 Å². The minimum absolute atomic E-state index is 0.0951. The van der Waals surface area contributed by atoms with E-state index in [1.54, 1.807) is 18.5 Å². The van der Waals surface area contributed by atoms with Crippen LogP contribution in [0.25, 0.3) is 0 Å². The van der Waals surface area contributed by atoms with E-state index in [0.717, 1.165) is 29.1 Å². The number of amides is 1. The van der Waals surface area contributed by atoms with E-state index in [1.165, 1.54) is 0 Å². The minimum atomic E-state index is -0.0951. The average Bonchev–Trinajstić information content (AvgIpc) is 2.54. The van der Waals surface area contributed by atoms with Crippen molar-refractivity contribution in [2.45, 2.75) is 26.3 Å². The standard InChI is InChI=1S/C17H20ClN3O/c1-2-3-8-20-17(22)14-9-15(12-19-10-14)21-11-13-6-4-5-7-16(13)18/h4-7,9-10,12,21H,2-3,8,11H2,1H3,(H,20,22). The van der Waals surface area contributed by atoms with E-state index in [0.29, 0.717) is 18.7 Å². The lowest BCUT2D eigenvalue weighted by atomic mass is 10.2. The molecule has 5 heteroatoms. The summed E-state index contributed by atoms with van der Waals surface area (Å²) in [6, 6.07) is 9.46. The molecule has 0 unspecified atom stereocenters. The third-order valence-electron chi connectivity index (χ3n) is 3.26. The Morgan fingerprint density at radius 3 is 2.86 bits per heavy atom. The lowest BCUT2D eigenvalue weighted by Gasteiger charge is -2.09. The number of carbonyl (C=O) groups excluding carboxylic acids is 1. The molecule has 4 nitrogen and oxygen atoms in total. The van der Waals surface area contributed by atoms with Gasteiger partial charge in [0.25, 0.3) is 5.91 Å². The van der Waals surface area contributed by atoms with E-state index in [1.807, 2.05) is 24.3 Å². The van der Waals surface area contributed by atoms with Crippen molar-refractivity contribution in [2.24, 2.45) is 0 Å². The first-order valence-electron chi connectivity index (χ1n) is 7.41. The number of nitrogens with one attached hydrogen (secondary N) is 2. The zero-order valence-electron chi connectivity index (χ0n) is 12.6. The first-order chi connectivity index (χ1) is 10.7. The quantitative estimate of drug-likeness (QED) is 0.762. The number of benzene rings is 1. The SMILES string of the molecule is CCCCNC(=O)c1cncc(NCc2ccccc2Cl)c1. The summed E-state index contributed by atoms with van der Waals surface area (Å²) in [6.07, 6.45) is 5.29. The van der Waals surface area contributed by atoms with Gasteiger partial charge in [-0.15, -0.1) is 0 Å². The Hall–Kier alpha value is -2.07. The third-order valence-corrected chi connectivity index (χ3v) is 3.63. The van der Waals surface area contributed by atoms with Gasteiger partial charge < -0.3 is 10.6 Å². The van der Waals surface area contributed by atoms with Gasteiger partial charge in [-0.2, -0.15) is 0 Å². The largest absolute Gasteiger partial charge is 0.380 e. The molecule has 0 bridgehead atoms. The third kappa shape index (κ3) is 4.74. The fourth-order valence-electron chi connectivity index (χ4n) is 1.98. The molecule has 22 heavy (non-hydrogen) atoms. The number of pyridine rings is 1. The zero-order chi connectivity index (χ0) is 15.8. The van der Waals surface area contributed by atoms with Gasteiger partial charge in [0, 0.05) is 30.5 Å². The predicted octanol–water partition coefficient (Wildman–Crippen LogP) is 3.88. The van der Waals surface area contributed by atoms with Crippen molar-refractivity contribution in [3.63, 3.8) is 0 Å². The normalized spacial score (nSPS) is 10.3. The number of hydrogen-bond acceptors (Lipinski definition) is 3. The van der Waals surface area contributed by atoms with Crippen LogP contribution in [0.15, 0.2) is 42.7 Å². The maximum absolute atomic E-state index is 12.0. The number of hydrogen-bond donors (Lipinski definition) is 2. The van der Waals surface area contributed by atoms with E-state index >= 15 is 0 Å². The summed E-state index contributed by atoms with van der Waals surface area (Å²) < 4.78 is 0. The molecule has 2 rings (SSSR count). The highest BCUT2D eigenvalue weighted by Crippen LogP contribution is 2.17. The first-order valence-corrected chi connectivity index (χ1v) is 7.79. The van der Waals surface area contributed by atoms with Gasteiger partial charge in [-0.1, -0.05) is 43.1 Å². The number of nitrogens with zero attached hydrogens (tertiary/aromatic N) is 1. The molecule has 0 spiro atoms. The molecule has 0 aliphatic carbocycles. The molecular weight excluding hydrogens is 298 g/mol. The maximum Gasteiger partial charge on any atom is 0.252 e. The molecule has 2 N–H and O–H groups in total. The summed E-state index contributed by atoms with van der Waals surface area (Å²) in [6.45, 7) is 3.36. The van der Waals surface area contributed by atoms with Crippen LogP contribution in [0, 0.1) is 0 Å². The molecule has 1 amide bonds. The monoisotopic (exact) mass is 317 g/mol. The van der Waals surface area contributed by atoms with Crippen LogP contribution in [0.1, 0.15) is 35.7 Å². The molecule has 0 aliphatic rings. The number of unbranched alkanes of at least 4 members (excludes halogenated alkanes) is 1. The number of anilines is 1. The Kier molecular flexibility index (Phi) is 6.22. The summed E-state index contributed by atoms with van der Waals surface area (Å²) in [5.74, 6) is -0.0951. The number of rotatable bonds is 7. The highest BCUT2D eigenvalue weighted by Gasteiger charge is 2.06. The molecule has 2 aromatic rings. The Morgan fingerprint density at radius 2 is 2.09 bits per heavy atom. The Bertz CT molecular complexity index is 631. The Balaban J connectivity index is 1.96.